The summed E-state index contributed by atoms with van der Waals surface area (Å²) in [6.07, 6.45) is 5.49. The molecule has 2 aromatic heterocycles. The first-order chi connectivity index (χ1) is 17.4. The highest BCUT2D eigenvalue weighted by Gasteiger charge is 2.30. The van der Waals surface area contributed by atoms with Crippen LogP contribution in [0.2, 0.25) is 5.02 Å². The molecule has 1 aliphatic heterocycles. The van der Waals surface area contributed by atoms with Crippen LogP contribution < -0.4 is 4.74 Å². The molecule has 194 valence electrons. The minimum absolute atomic E-state index is 0.160. The average Bonchev–Trinajstić information content (AvgIpc) is 3.30. The van der Waals surface area contributed by atoms with E-state index in [0.717, 1.165) is 61.2 Å². The number of fused-ring (bicyclic) bond motifs is 1. The second-order valence-electron chi connectivity index (χ2n) is 9.67. The van der Waals surface area contributed by atoms with Gasteiger partial charge in [0.1, 0.15) is 11.9 Å². The first kappa shape index (κ1) is 26.8. The van der Waals surface area contributed by atoms with Gasteiger partial charge in [-0.2, -0.15) is 0 Å². The minimum atomic E-state index is -1.10. The lowest BCUT2D eigenvalue weighted by Crippen LogP contribution is -2.41. The predicted octanol–water partition coefficient (Wildman–Crippen LogP) is 7.18. The molecule has 1 aromatic carbocycles. The van der Waals surface area contributed by atoms with Crippen molar-refractivity contribution in [2.45, 2.75) is 51.1 Å². The normalized spacial score (nSPS) is 19.4. The smallest absolute Gasteiger partial charge is 0.303 e. The lowest BCUT2D eigenvalue weighted by molar-refractivity contribution is -0.137. The van der Waals surface area contributed by atoms with Crippen LogP contribution in [-0.2, 0) is 11.2 Å². The number of aryl methyl sites for hydroxylation is 1. The first-order valence-corrected chi connectivity index (χ1v) is 13.9. The van der Waals surface area contributed by atoms with E-state index in [9.17, 15) is 9.90 Å². The summed E-state index contributed by atoms with van der Waals surface area (Å²) < 4.78 is 20.9. The van der Waals surface area contributed by atoms with Gasteiger partial charge in [0.2, 0.25) is 0 Å². The number of nitrogens with zero attached hydrogens (tertiary/aromatic N) is 2. The highest BCUT2D eigenvalue weighted by atomic mass is 35.5. The number of carboxylic acids is 1. The Morgan fingerprint density at radius 1 is 1.31 bits per heavy atom. The van der Waals surface area contributed by atoms with Gasteiger partial charge >= 0.3 is 5.97 Å². The number of alkyl halides is 1. The summed E-state index contributed by atoms with van der Waals surface area (Å²) in [5, 5.41) is 12.9. The number of halogens is 2. The van der Waals surface area contributed by atoms with E-state index in [-0.39, 0.29) is 12.3 Å². The van der Waals surface area contributed by atoms with E-state index >= 15 is 4.39 Å². The number of benzene rings is 1. The monoisotopic (exact) mass is 532 g/mol. The van der Waals surface area contributed by atoms with Gasteiger partial charge in [-0.3, -0.25) is 9.78 Å². The number of carboxylic acid groups (broad SMARTS) is 1. The van der Waals surface area contributed by atoms with Gasteiger partial charge in [-0.05, 0) is 105 Å². The molecule has 1 aliphatic rings. The molecule has 5 nitrogen and oxygen atoms in total. The number of methoxy groups -OCH3 is 1. The number of ether oxygens (including phenoxy) is 1. The van der Waals surface area contributed by atoms with Gasteiger partial charge in [0.05, 0.1) is 17.6 Å². The van der Waals surface area contributed by atoms with Crippen LogP contribution in [0.3, 0.4) is 0 Å². The fourth-order valence-corrected chi connectivity index (χ4v) is 6.58. The Morgan fingerprint density at radius 3 is 2.92 bits per heavy atom. The van der Waals surface area contributed by atoms with Crippen molar-refractivity contribution in [1.82, 2.24) is 9.88 Å². The summed E-state index contributed by atoms with van der Waals surface area (Å²) in [5.74, 6) is 0.514. The molecule has 4 rings (SSSR count). The summed E-state index contributed by atoms with van der Waals surface area (Å²) >= 11 is 7.92. The molecule has 0 unspecified atom stereocenters. The summed E-state index contributed by atoms with van der Waals surface area (Å²) in [6, 6.07) is 9.24. The number of rotatable bonds is 12. The zero-order valence-corrected chi connectivity index (χ0v) is 22.2. The molecular weight excluding hydrogens is 499 g/mol. The minimum Gasteiger partial charge on any atom is -0.497 e. The van der Waals surface area contributed by atoms with Crippen LogP contribution >= 0.6 is 22.9 Å². The van der Waals surface area contributed by atoms with Gasteiger partial charge in [0.15, 0.2) is 0 Å². The molecule has 0 spiro atoms. The second kappa shape index (κ2) is 12.8. The number of carbonyl (C=O) groups is 1. The van der Waals surface area contributed by atoms with E-state index in [0.29, 0.717) is 30.1 Å². The summed E-state index contributed by atoms with van der Waals surface area (Å²) in [4.78, 5) is 19.3. The molecule has 3 atom stereocenters. The number of hydrogen-bond donors (Lipinski definition) is 1. The molecule has 0 aliphatic carbocycles. The summed E-state index contributed by atoms with van der Waals surface area (Å²) in [6.45, 7) is 2.82. The molecule has 1 saturated heterocycles. The van der Waals surface area contributed by atoms with Crippen LogP contribution in [0.5, 0.6) is 5.75 Å². The molecular formula is C28H34ClFN2O3S. The Kier molecular flexibility index (Phi) is 9.57. The van der Waals surface area contributed by atoms with Crippen molar-refractivity contribution in [2.24, 2.45) is 11.8 Å². The van der Waals surface area contributed by atoms with Crippen molar-refractivity contribution < 1.29 is 19.0 Å². The van der Waals surface area contributed by atoms with Crippen molar-refractivity contribution >= 4 is 39.8 Å². The molecule has 1 fully saturated rings. The molecule has 0 saturated carbocycles. The third-order valence-electron chi connectivity index (χ3n) is 7.38. The fourth-order valence-electron chi connectivity index (χ4n) is 5.40. The number of thiophene rings is 1. The van der Waals surface area contributed by atoms with E-state index in [1.807, 2.05) is 29.6 Å². The Balaban J connectivity index is 1.36. The molecule has 3 aromatic rings. The summed E-state index contributed by atoms with van der Waals surface area (Å²) in [7, 11) is 1.60. The topological polar surface area (TPSA) is 62.7 Å². The van der Waals surface area contributed by atoms with Crippen LogP contribution in [0.25, 0.3) is 10.9 Å². The van der Waals surface area contributed by atoms with E-state index in [1.54, 1.807) is 30.7 Å². The maximum Gasteiger partial charge on any atom is 0.303 e. The number of piperidine rings is 1. The van der Waals surface area contributed by atoms with Gasteiger partial charge < -0.3 is 14.7 Å². The van der Waals surface area contributed by atoms with Crippen LogP contribution in [-0.4, -0.2) is 47.7 Å². The van der Waals surface area contributed by atoms with E-state index in [2.05, 4.69) is 9.88 Å². The molecule has 3 heterocycles. The maximum atomic E-state index is 15.5. The number of aliphatic carboxylic acids is 1. The molecule has 0 bridgehead atoms. The zero-order chi connectivity index (χ0) is 25.5. The number of hydrogen-bond acceptors (Lipinski definition) is 5. The average molecular weight is 533 g/mol. The van der Waals surface area contributed by atoms with Crippen molar-refractivity contribution in [3.05, 3.63) is 57.4 Å². The van der Waals surface area contributed by atoms with Crippen LogP contribution in [0.15, 0.2) is 41.9 Å². The number of likely N-dealkylation sites (tertiary alicyclic amines) is 1. The predicted molar refractivity (Wildman–Crippen MR) is 144 cm³/mol. The number of pyridine rings is 1. The van der Waals surface area contributed by atoms with Gasteiger partial charge in [-0.15, -0.1) is 11.3 Å². The quantitative estimate of drug-likeness (QED) is 0.267. The molecule has 8 heteroatoms. The second-order valence-corrected chi connectivity index (χ2v) is 11.1. The first-order valence-electron chi connectivity index (χ1n) is 12.7. The number of aromatic nitrogens is 1. The van der Waals surface area contributed by atoms with Crippen molar-refractivity contribution in [3.8, 4) is 5.75 Å². The van der Waals surface area contributed by atoms with Gasteiger partial charge in [0.25, 0.3) is 0 Å². The Morgan fingerprint density at radius 2 is 2.17 bits per heavy atom. The lowest BCUT2D eigenvalue weighted by Gasteiger charge is -2.39. The van der Waals surface area contributed by atoms with Crippen LogP contribution in [0.1, 0.15) is 55.1 Å². The van der Waals surface area contributed by atoms with Crippen molar-refractivity contribution in [1.29, 1.82) is 0 Å². The van der Waals surface area contributed by atoms with Crippen LogP contribution in [0, 0.1) is 11.8 Å². The molecule has 1 N–H and O–H groups in total. The lowest BCUT2D eigenvalue weighted by atomic mass is 9.79. The Hall–Kier alpha value is -2.22. The molecule has 0 amide bonds. The SMILES string of the molecule is COc1ccc2nccc([C@H](F)CC[C@@H]3CCN(CCCc4sccc4Cl)C[C@H]3CCC(=O)O)c2c1. The largest absolute Gasteiger partial charge is 0.497 e. The fraction of sp³-hybridized carbons (Fsp3) is 0.500. The maximum absolute atomic E-state index is 15.5. The highest BCUT2D eigenvalue weighted by molar-refractivity contribution is 7.10. The zero-order valence-electron chi connectivity index (χ0n) is 20.7. The van der Waals surface area contributed by atoms with E-state index < -0.39 is 12.1 Å². The third kappa shape index (κ3) is 6.96. The van der Waals surface area contributed by atoms with Crippen molar-refractivity contribution in [2.75, 3.05) is 26.7 Å². The standard InChI is InChI=1S/C28H34ClFN2O3S/c1-35-21-6-8-26-23(17-21)22(10-13-31-26)25(30)7-4-19-11-15-32(18-20(19)5-9-28(33)34)14-2-3-27-24(29)12-16-36-27/h6,8,10,12-13,16-17,19-20,25H,2-5,7,9,11,14-15,18H2,1H3,(H,33,34)/t19-,20-,25-/m1/s1. The summed E-state index contributed by atoms with van der Waals surface area (Å²) in [5.41, 5.74) is 1.40. The highest BCUT2D eigenvalue weighted by Crippen LogP contribution is 2.36. The van der Waals surface area contributed by atoms with Crippen molar-refractivity contribution in [3.63, 3.8) is 0 Å². The molecule has 36 heavy (non-hydrogen) atoms. The Labute approximate surface area is 221 Å². The van der Waals surface area contributed by atoms with Gasteiger partial charge in [0, 0.05) is 29.4 Å². The van der Waals surface area contributed by atoms with Gasteiger partial charge in [-0.25, -0.2) is 4.39 Å². The third-order valence-corrected chi connectivity index (χ3v) is 8.83. The van der Waals surface area contributed by atoms with E-state index in [1.165, 1.54) is 4.88 Å². The van der Waals surface area contributed by atoms with Gasteiger partial charge in [-0.1, -0.05) is 11.6 Å². The Bertz CT molecular complexity index is 1160. The molecule has 0 radical (unpaired) electrons. The van der Waals surface area contributed by atoms with Crippen LogP contribution in [0.4, 0.5) is 4.39 Å². The van der Waals surface area contributed by atoms with E-state index in [4.69, 9.17) is 16.3 Å².